The lowest BCUT2D eigenvalue weighted by Crippen LogP contribution is -2.59. The van der Waals surface area contributed by atoms with Crippen LogP contribution in [0, 0.1) is 17.8 Å². The van der Waals surface area contributed by atoms with Crippen molar-refractivity contribution in [1.29, 1.82) is 0 Å². The second kappa shape index (κ2) is 10.9. The van der Waals surface area contributed by atoms with E-state index in [1.807, 2.05) is 64.4 Å². The standard InChI is InChI=1S/C28H40N4O4S/c1-16(18-9-11-19(12-10-18)22-17(2)29-15-37-22)30-24(34)21-13-20(33)14-32(21)25(35)23(27(3,4)5)31-26(36)28(6,7)8/h9-12,15-16,20-21,23,33H,13-14H2,1-8H3,(H,30,34)(H,31,36)/t16-,20+,21-,23+/m0/s1. The van der Waals surface area contributed by atoms with E-state index in [0.29, 0.717) is 0 Å². The van der Waals surface area contributed by atoms with Crippen LogP contribution in [0.4, 0.5) is 0 Å². The van der Waals surface area contributed by atoms with Crippen LogP contribution in [0.15, 0.2) is 29.8 Å². The maximum atomic E-state index is 13.7. The summed E-state index contributed by atoms with van der Waals surface area (Å²) >= 11 is 1.59. The summed E-state index contributed by atoms with van der Waals surface area (Å²) in [6.45, 7) is 14.9. The molecule has 0 saturated carbocycles. The van der Waals surface area contributed by atoms with Gasteiger partial charge in [-0.2, -0.15) is 0 Å². The molecule has 37 heavy (non-hydrogen) atoms. The van der Waals surface area contributed by atoms with Crippen molar-refractivity contribution in [2.45, 2.75) is 86.0 Å². The van der Waals surface area contributed by atoms with E-state index in [0.717, 1.165) is 21.7 Å². The zero-order chi connectivity index (χ0) is 27.7. The molecule has 3 rings (SSSR count). The van der Waals surface area contributed by atoms with Gasteiger partial charge in [0, 0.05) is 18.4 Å². The molecule has 8 nitrogen and oxygen atoms in total. The van der Waals surface area contributed by atoms with Crippen molar-refractivity contribution in [1.82, 2.24) is 20.5 Å². The number of nitrogens with zero attached hydrogens (tertiary/aromatic N) is 2. The number of carbonyl (C=O) groups is 3. The van der Waals surface area contributed by atoms with E-state index >= 15 is 0 Å². The summed E-state index contributed by atoms with van der Waals surface area (Å²) in [7, 11) is 0. The van der Waals surface area contributed by atoms with Gasteiger partial charge in [0.15, 0.2) is 0 Å². The van der Waals surface area contributed by atoms with Crippen molar-refractivity contribution >= 4 is 29.1 Å². The molecule has 3 N–H and O–H groups in total. The van der Waals surface area contributed by atoms with Crippen LogP contribution >= 0.6 is 11.3 Å². The van der Waals surface area contributed by atoms with Gasteiger partial charge in [-0.3, -0.25) is 14.4 Å². The van der Waals surface area contributed by atoms with E-state index in [-0.39, 0.29) is 36.7 Å². The first kappa shape index (κ1) is 28.8. The molecule has 9 heteroatoms. The zero-order valence-corrected chi connectivity index (χ0v) is 23.9. The highest BCUT2D eigenvalue weighted by Crippen LogP contribution is 2.30. The van der Waals surface area contributed by atoms with Crippen molar-refractivity contribution in [3.05, 3.63) is 41.0 Å². The quantitative estimate of drug-likeness (QED) is 0.528. The molecule has 4 atom stereocenters. The SMILES string of the molecule is Cc1ncsc1-c1ccc([C@H](C)NC(=O)[C@@H]2C[C@@H](O)CN2C(=O)[C@@H](NC(=O)C(C)(C)C)C(C)(C)C)cc1. The summed E-state index contributed by atoms with van der Waals surface area (Å²) in [6, 6.07) is 6.03. The number of rotatable bonds is 6. The summed E-state index contributed by atoms with van der Waals surface area (Å²) < 4.78 is 0. The highest BCUT2D eigenvalue weighted by Gasteiger charge is 2.45. The normalized spacial score (nSPS) is 19.9. The lowest BCUT2D eigenvalue weighted by molar-refractivity contribution is -0.145. The molecule has 3 amide bonds. The van der Waals surface area contributed by atoms with Gasteiger partial charge in [0.2, 0.25) is 17.7 Å². The molecular formula is C28H40N4O4S. The van der Waals surface area contributed by atoms with Gasteiger partial charge in [0.05, 0.1) is 28.2 Å². The maximum Gasteiger partial charge on any atom is 0.246 e. The van der Waals surface area contributed by atoms with Gasteiger partial charge in [-0.25, -0.2) is 4.98 Å². The Kier molecular flexibility index (Phi) is 8.49. The number of aromatic nitrogens is 1. The van der Waals surface area contributed by atoms with Gasteiger partial charge in [0.25, 0.3) is 0 Å². The molecular weight excluding hydrogens is 488 g/mol. The largest absolute Gasteiger partial charge is 0.391 e. The number of amides is 3. The number of aryl methyl sites for hydroxylation is 1. The molecule has 1 aliphatic heterocycles. The third kappa shape index (κ3) is 6.76. The van der Waals surface area contributed by atoms with Crippen LogP contribution in [-0.2, 0) is 14.4 Å². The number of benzene rings is 1. The molecule has 2 heterocycles. The van der Waals surface area contributed by atoms with Gasteiger partial charge < -0.3 is 20.6 Å². The van der Waals surface area contributed by atoms with Gasteiger partial charge in [-0.1, -0.05) is 65.8 Å². The highest BCUT2D eigenvalue weighted by atomic mass is 32.1. The number of aliphatic hydroxyl groups is 1. The van der Waals surface area contributed by atoms with Gasteiger partial charge >= 0.3 is 0 Å². The van der Waals surface area contributed by atoms with Crippen LogP contribution in [-0.4, -0.2) is 57.4 Å². The van der Waals surface area contributed by atoms with Crippen LogP contribution < -0.4 is 10.6 Å². The molecule has 2 aromatic rings. The summed E-state index contributed by atoms with van der Waals surface area (Å²) in [5.74, 6) is -0.930. The Balaban J connectivity index is 1.74. The minimum Gasteiger partial charge on any atom is -0.391 e. The van der Waals surface area contributed by atoms with E-state index in [1.165, 1.54) is 4.90 Å². The fourth-order valence-electron chi connectivity index (χ4n) is 4.36. The average molecular weight is 529 g/mol. The predicted molar refractivity (Wildman–Crippen MR) is 146 cm³/mol. The maximum absolute atomic E-state index is 13.7. The van der Waals surface area contributed by atoms with Crippen molar-refractivity contribution in [3.63, 3.8) is 0 Å². The molecule has 0 bridgehead atoms. The molecule has 1 saturated heterocycles. The van der Waals surface area contributed by atoms with Crippen molar-refractivity contribution in [2.75, 3.05) is 6.54 Å². The number of nitrogens with one attached hydrogen (secondary N) is 2. The van der Waals surface area contributed by atoms with Gasteiger partial charge in [0.1, 0.15) is 12.1 Å². The monoisotopic (exact) mass is 528 g/mol. The van der Waals surface area contributed by atoms with Crippen molar-refractivity contribution in [3.8, 4) is 10.4 Å². The molecule has 1 aromatic heterocycles. The summed E-state index contributed by atoms with van der Waals surface area (Å²) in [4.78, 5) is 46.6. The predicted octanol–water partition coefficient (Wildman–Crippen LogP) is 3.83. The number of carbonyl (C=O) groups excluding carboxylic acids is 3. The second-order valence-electron chi connectivity index (χ2n) is 12.0. The minimum atomic E-state index is -0.833. The van der Waals surface area contributed by atoms with E-state index in [9.17, 15) is 19.5 Å². The Morgan fingerprint density at radius 2 is 1.70 bits per heavy atom. The lowest BCUT2D eigenvalue weighted by atomic mass is 9.84. The number of hydrogen-bond acceptors (Lipinski definition) is 6. The van der Waals surface area contributed by atoms with E-state index in [4.69, 9.17) is 0 Å². The number of aliphatic hydroxyl groups excluding tert-OH is 1. The lowest BCUT2D eigenvalue weighted by Gasteiger charge is -2.36. The first-order valence-corrected chi connectivity index (χ1v) is 13.6. The summed E-state index contributed by atoms with van der Waals surface area (Å²) in [5.41, 5.74) is 3.55. The topological polar surface area (TPSA) is 112 Å². The molecule has 1 aliphatic rings. The second-order valence-corrected chi connectivity index (χ2v) is 12.9. The van der Waals surface area contributed by atoms with E-state index in [1.54, 1.807) is 32.1 Å². The minimum absolute atomic E-state index is 0.0478. The molecule has 0 aliphatic carbocycles. The number of β-amino-alcohol motifs (C(OH)–C–C–N with tert-alkyl or cyclic N) is 1. The molecule has 1 aromatic carbocycles. The Morgan fingerprint density at radius 3 is 2.22 bits per heavy atom. The number of thiazole rings is 1. The Labute approximate surface area is 223 Å². The van der Waals surface area contributed by atoms with Crippen LogP contribution in [0.2, 0.25) is 0 Å². The molecule has 1 fully saturated rings. The van der Waals surface area contributed by atoms with Crippen molar-refractivity contribution in [2.24, 2.45) is 10.8 Å². The molecule has 0 radical (unpaired) electrons. The van der Waals surface area contributed by atoms with E-state index < -0.39 is 29.0 Å². The first-order valence-electron chi connectivity index (χ1n) is 12.7. The van der Waals surface area contributed by atoms with Gasteiger partial charge in [-0.05, 0) is 30.4 Å². The smallest absolute Gasteiger partial charge is 0.246 e. The summed E-state index contributed by atoms with van der Waals surface area (Å²) in [6.07, 6.45) is -0.659. The fourth-order valence-corrected chi connectivity index (χ4v) is 5.17. The Bertz CT molecular complexity index is 1130. The van der Waals surface area contributed by atoms with Crippen LogP contribution in [0.25, 0.3) is 10.4 Å². The fraction of sp³-hybridized carbons (Fsp3) is 0.571. The average Bonchev–Trinajstić information content (AvgIpc) is 3.40. The highest BCUT2D eigenvalue weighted by molar-refractivity contribution is 7.13. The van der Waals surface area contributed by atoms with Crippen LogP contribution in [0.1, 0.15) is 72.2 Å². The third-order valence-corrected chi connectivity index (χ3v) is 7.69. The Hall–Kier alpha value is -2.78. The van der Waals surface area contributed by atoms with E-state index in [2.05, 4.69) is 15.6 Å². The molecule has 0 unspecified atom stereocenters. The molecule has 0 spiro atoms. The van der Waals surface area contributed by atoms with Gasteiger partial charge in [-0.15, -0.1) is 11.3 Å². The van der Waals surface area contributed by atoms with Crippen molar-refractivity contribution < 1.29 is 19.5 Å². The number of likely N-dealkylation sites (tertiary alicyclic amines) is 1. The van der Waals surface area contributed by atoms with Crippen LogP contribution in [0.3, 0.4) is 0 Å². The number of hydrogen-bond donors (Lipinski definition) is 3. The molecule has 202 valence electrons. The third-order valence-electron chi connectivity index (χ3n) is 6.71. The Morgan fingerprint density at radius 1 is 1.08 bits per heavy atom. The first-order chi connectivity index (χ1) is 17.1. The van der Waals surface area contributed by atoms with Crippen LogP contribution in [0.5, 0.6) is 0 Å². The summed E-state index contributed by atoms with van der Waals surface area (Å²) in [5, 5.41) is 16.3. The zero-order valence-electron chi connectivity index (χ0n) is 23.1.